The highest BCUT2D eigenvalue weighted by atomic mass is 32.2. The van der Waals surface area contributed by atoms with E-state index in [0.717, 1.165) is 23.5 Å². The summed E-state index contributed by atoms with van der Waals surface area (Å²) in [6.45, 7) is 0.529. The zero-order valence-electron chi connectivity index (χ0n) is 9.02. The van der Waals surface area contributed by atoms with E-state index in [1.54, 1.807) is 11.8 Å². The number of cyclic esters (lactones) is 1. The highest BCUT2D eigenvalue weighted by Gasteiger charge is 2.14. The van der Waals surface area contributed by atoms with Gasteiger partial charge in [0.2, 0.25) is 0 Å². The number of carbonyl (C=O) groups is 1. The molecule has 0 radical (unpaired) electrons. The molecule has 1 aliphatic heterocycles. The lowest BCUT2D eigenvalue weighted by Crippen LogP contribution is -2.12. The van der Waals surface area contributed by atoms with Crippen LogP contribution >= 0.6 is 11.8 Å². The van der Waals surface area contributed by atoms with Crippen LogP contribution in [0.1, 0.15) is 12.0 Å². The first-order chi connectivity index (χ1) is 7.86. The van der Waals surface area contributed by atoms with Crippen LogP contribution in [0, 0.1) is 0 Å². The van der Waals surface area contributed by atoms with Gasteiger partial charge in [0.1, 0.15) is 0 Å². The van der Waals surface area contributed by atoms with Gasteiger partial charge in [0.25, 0.3) is 0 Å². The Labute approximate surface area is 99.7 Å². The molecule has 0 aliphatic carbocycles. The summed E-state index contributed by atoms with van der Waals surface area (Å²) in [6, 6.07) is 10.3. The maximum atomic E-state index is 11.3. The van der Waals surface area contributed by atoms with Crippen LogP contribution in [-0.2, 0) is 16.0 Å². The van der Waals surface area contributed by atoms with Crippen LogP contribution in [0.3, 0.4) is 0 Å². The van der Waals surface area contributed by atoms with Gasteiger partial charge in [-0.2, -0.15) is 0 Å². The molecule has 0 unspecified atom stereocenters. The molecule has 0 amide bonds. The Hall–Kier alpha value is -1.22. The molecule has 2 rings (SSSR count). The predicted octanol–water partition coefficient (Wildman–Crippen LogP) is 2.79. The molecule has 1 heterocycles. The van der Waals surface area contributed by atoms with E-state index in [4.69, 9.17) is 4.74 Å². The maximum absolute atomic E-state index is 11.3. The Morgan fingerprint density at radius 2 is 2.06 bits per heavy atom. The van der Waals surface area contributed by atoms with Crippen molar-refractivity contribution < 1.29 is 9.53 Å². The standard InChI is InChI=1S/C13H14O2S/c14-13-12(7-4-9-15-13)16-10-8-11-5-2-1-3-6-11/h1-3,5-7H,4,8-10H2. The van der Waals surface area contributed by atoms with Crippen LogP contribution in [0.15, 0.2) is 41.3 Å². The Balaban J connectivity index is 1.80. The third kappa shape index (κ3) is 3.14. The van der Waals surface area contributed by atoms with Crippen molar-refractivity contribution in [3.05, 3.63) is 46.9 Å². The van der Waals surface area contributed by atoms with Gasteiger partial charge in [0.05, 0.1) is 11.5 Å². The van der Waals surface area contributed by atoms with E-state index >= 15 is 0 Å². The van der Waals surface area contributed by atoms with Gasteiger partial charge in [-0.3, -0.25) is 0 Å². The monoisotopic (exact) mass is 234 g/mol. The summed E-state index contributed by atoms with van der Waals surface area (Å²) in [5.74, 6) is 0.759. The first kappa shape index (κ1) is 11.3. The van der Waals surface area contributed by atoms with Crippen molar-refractivity contribution in [2.24, 2.45) is 0 Å². The summed E-state index contributed by atoms with van der Waals surface area (Å²) in [7, 11) is 0. The van der Waals surface area contributed by atoms with Crippen molar-refractivity contribution in [3.8, 4) is 0 Å². The summed E-state index contributed by atoms with van der Waals surface area (Å²) < 4.78 is 4.97. The number of rotatable bonds is 4. The van der Waals surface area contributed by atoms with Gasteiger partial charge in [-0.1, -0.05) is 36.4 Å². The average molecular weight is 234 g/mol. The van der Waals surface area contributed by atoms with Crippen molar-refractivity contribution in [1.82, 2.24) is 0 Å². The van der Waals surface area contributed by atoms with Crippen LogP contribution < -0.4 is 0 Å². The molecule has 0 saturated heterocycles. The van der Waals surface area contributed by atoms with E-state index in [1.165, 1.54) is 5.56 Å². The van der Waals surface area contributed by atoms with Crippen LogP contribution in [0.25, 0.3) is 0 Å². The summed E-state index contributed by atoms with van der Waals surface area (Å²) >= 11 is 1.59. The van der Waals surface area contributed by atoms with Gasteiger partial charge in [0, 0.05) is 12.2 Å². The third-order valence-corrected chi connectivity index (χ3v) is 3.43. The lowest BCUT2D eigenvalue weighted by atomic mass is 10.2. The van der Waals surface area contributed by atoms with Crippen molar-refractivity contribution >= 4 is 17.7 Å². The third-order valence-electron chi connectivity index (χ3n) is 2.37. The summed E-state index contributed by atoms with van der Waals surface area (Å²) in [5, 5.41) is 0. The fourth-order valence-corrected chi connectivity index (χ4v) is 2.51. The molecular formula is C13H14O2S. The van der Waals surface area contributed by atoms with E-state index in [9.17, 15) is 4.79 Å². The molecule has 1 aromatic rings. The van der Waals surface area contributed by atoms with E-state index in [2.05, 4.69) is 12.1 Å². The molecule has 0 aromatic heterocycles. The van der Waals surface area contributed by atoms with Crippen LogP contribution in [0.5, 0.6) is 0 Å². The summed E-state index contributed by atoms with van der Waals surface area (Å²) in [6.07, 6.45) is 3.80. The highest BCUT2D eigenvalue weighted by molar-refractivity contribution is 8.03. The lowest BCUT2D eigenvalue weighted by Gasteiger charge is -2.11. The van der Waals surface area contributed by atoms with Gasteiger partial charge in [-0.15, -0.1) is 11.8 Å². The van der Waals surface area contributed by atoms with E-state index in [0.29, 0.717) is 6.61 Å². The molecule has 0 N–H and O–H groups in total. The Bertz CT molecular complexity index is 384. The smallest absolute Gasteiger partial charge is 0.344 e. The van der Waals surface area contributed by atoms with Crippen LogP contribution in [0.4, 0.5) is 0 Å². The molecule has 1 aromatic carbocycles. The zero-order valence-corrected chi connectivity index (χ0v) is 9.83. The molecule has 3 heteroatoms. The molecule has 84 valence electrons. The number of thioether (sulfide) groups is 1. The number of esters is 1. The van der Waals surface area contributed by atoms with Crippen molar-refractivity contribution in [1.29, 1.82) is 0 Å². The summed E-state index contributed by atoms with van der Waals surface area (Å²) in [4.78, 5) is 12.1. The number of hydrogen-bond acceptors (Lipinski definition) is 3. The molecule has 0 fully saturated rings. The molecule has 0 saturated carbocycles. The number of benzene rings is 1. The Morgan fingerprint density at radius 1 is 1.25 bits per heavy atom. The van der Waals surface area contributed by atoms with Gasteiger partial charge in [-0.05, 0) is 12.0 Å². The topological polar surface area (TPSA) is 26.3 Å². The second-order valence-electron chi connectivity index (χ2n) is 3.58. The molecular weight excluding hydrogens is 220 g/mol. The molecule has 2 nitrogen and oxygen atoms in total. The fourth-order valence-electron chi connectivity index (χ4n) is 1.54. The fraction of sp³-hybridized carbons (Fsp3) is 0.308. The highest BCUT2D eigenvalue weighted by Crippen LogP contribution is 2.22. The molecule has 1 aliphatic rings. The minimum absolute atomic E-state index is 0.163. The number of carbonyl (C=O) groups excluding carboxylic acids is 1. The van der Waals surface area contributed by atoms with E-state index < -0.39 is 0 Å². The maximum Gasteiger partial charge on any atom is 0.344 e. The molecule has 0 bridgehead atoms. The van der Waals surface area contributed by atoms with Gasteiger partial charge < -0.3 is 4.74 Å². The Morgan fingerprint density at radius 3 is 2.81 bits per heavy atom. The largest absolute Gasteiger partial charge is 0.461 e. The Kier molecular flexibility index (Phi) is 4.05. The first-order valence-electron chi connectivity index (χ1n) is 5.40. The number of aryl methyl sites for hydroxylation is 1. The first-order valence-corrected chi connectivity index (χ1v) is 6.39. The predicted molar refractivity (Wildman–Crippen MR) is 66.3 cm³/mol. The van der Waals surface area contributed by atoms with Crippen molar-refractivity contribution in [2.45, 2.75) is 12.8 Å². The molecule has 0 spiro atoms. The zero-order chi connectivity index (χ0) is 11.2. The molecule has 16 heavy (non-hydrogen) atoms. The van der Waals surface area contributed by atoms with E-state index in [1.807, 2.05) is 24.3 Å². The summed E-state index contributed by atoms with van der Waals surface area (Å²) in [5.41, 5.74) is 1.31. The van der Waals surface area contributed by atoms with Crippen molar-refractivity contribution in [2.75, 3.05) is 12.4 Å². The van der Waals surface area contributed by atoms with Gasteiger partial charge in [0.15, 0.2) is 0 Å². The van der Waals surface area contributed by atoms with Crippen molar-refractivity contribution in [3.63, 3.8) is 0 Å². The second-order valence-corrected chi connectivity index (χ2v) is 4.71. The normalized spacial score (nSPS) is 15.5. The van der Waals surface area contributed by atoms with Gasteiger partial charge >= 0.3 is 5.97 Å². The minimum Gasteiger partial charge on any atom is -0.461 e. The second kappa shape index (κ2) is 5.75. The number of ether oxygens (including phenoxy) is 1. The number of hydrogen-bond donors (Lipinski definition) is 0. The quantitative estimate of drug-likeness (QED) is 0.749. The van der Waals surface area contributed by atoms with Gasteiger partial charge in [-0.25, -0.2) is 4.79 Å². The molecule has 0 atom stereocenters. The minimum atomic E-state index is -0.163. The van der Waals surface area contributed by atoms with Crippen LogP contribution in [0.2, 0.25) is 0 Å². The SMILES string of the molecule is O=C1OCCC=C1SCCc1ccccc1. The average Bonchev–Trinajstić information content (AvgIpc) is 2.33. The van der Waals surface area contributed by atoms with Crippen LogP contribution in [-0.4, -0.2) is 18.3 Å². The lowest BCUT2D eigenvalue weighted by molar-refractivity contribution is -0.138. The van der Waals surface area contributed by atoms with E-state index in [-0.39, 0.29) is 5.97 Å².